The summed E-state index contributed by atoms with van der Waals surface area (Å²) in [6, 6.07) is 5.79. The standard InChI is InChI=1S/C19H21NO5S/c1-4-12-20(26(22,23)14-8-6-13(3)7-9-14)18-16-11-10-15(25-16)17(18)19(21)24-5-2/h1,6-11,15-18H,5,12H2,2-3H3. The van der Waals surface area contributed by atoms with E-state index in [4.69, 9.17) is 15.9 Å². The van der Waals surface area contributed by atoms with Gasteiger partial charge in [0.05, 0.1) is 36.3 Å². The zero-order valence-corrected chi connectivity index (χ0v) is 15.5. The fourth-order valence-corrected chi connectivity index (χ4v) is 5.00. The molecule has 4 atom stereocenters. The Kier molecular flexibility index (Phi) is 5.19. The van der Waals surface area contributed by atoms with Gasteiger partial charge in [0.25, 0.3) is 0 Å². The van der Waals surface area contributed by atoms with Crippen LogP contribution in [0, 0.1) is 25.2 Å². The number of aryl methyl sites for hydroxylation is 1. The van der Waals surface area contributed by atoms with E-state index in [0.29, 0.717) is 0 Å². The molecule has 0 radical (unpaired) electrons. The second kappa shape index (κ2) is 7.23. The van der Waals surface area contributed by atoms with Crippen molar-refractivity contribution in [1.82, 2.24) is 4.31 Å². The highest BCUT2D eigenvalue weighted by molar-refractivity contribution is 7.89. The van der Waals surface area contributed by atoms with Crippen LogP contribution < -0.4 is 0 Å². The van der Waals surface area contributed by atoms with Gasteiger partial charge in [0.1, 0.15) is 5.92 Å². The number of carbonyl (C=O) groups is 1. The zero-order valence-electron chi connectivity index (χ0n) is 14.7. The van der Waals surface area contributed by atoms with E-state index in [2.05, 4.69) is 5.92 Å². The first-order valence-electron chi connectivity index (χ1n) is 8.42. The maximum absolute atomic E-state index is 13.2. The molecule has 2 bridgehead atoms. The summed E-state index contributed by atoms with van der Waals surface area (Å²) in [4.78, 5) is 12.6. The summed E-state index contributed by atoms with van der Waals surface area (Å²) in [7, 11) is -3.90. The van der Waals surface area contributed by atoms with Gasteiger partial charge < -0.3 is 9.47 Å². The molecule has 0 spiro atoms. The van der Waals surface area contributed by atoms with Gasteiger partial charge in [-0.05, 0) is 26.0 Å². The molecule has 26 heavy (non-hydrogen) atoms. The predicted octanol–water partition coefficient (Wildman–Crippen LogP) is 1.50. The van der Waals surface area contributed by atoms with Crippen molar-refractivity contribution in [3.8, 4) is 12.3 Å². The number of hydrogen-bond donors (Lipinski definition) is 0. The van der Waals surface area contributed by atoms with Gasteiger partial charge in [-0.15, -0.1) is 6.42 Å². The maximum Gasteiger partial charge on any atom is 0.313 e. The van der Waals surface area contributed by atoms with Crippen LogP contribution in [0.1, 0.15) is 12.5 Å². The monoisotopic (exact) mass is 375 g/mol. The Balaban J connectivity index is 2.01. The van der Waals surface area contributed by atoms with Crippen molar-refractivity contribution in [3.63, 3.8) is 0 Å². The van der Waals surface area contributed by atoms with Crippen LogP contribution >= 0.6 is 0 Å². The molecular weight excluding hydrogens is 354 g/mol. The number of fused-ring (bicyclic) bond motifs is 2. The lowest BCUT2D eigenvalue weighted by molar-refractivity contribution is -0.150. The van der Waals surface area contributed by atoms with Gasteiger partial charge in [-0.1, -0.05) is 35.8 Å². The molecule has 3 rings (SSSR count). The number of benzene rings is 1. The molecule has 2 aliphatic heterocycles. The number of rotatable bonds is 6. The highest BCUT2D eigenvalue weighted by atomic mass is 32.2. The first kappa shape index (κ1) is 18.6. The van der Waals surface area contributed by atoms with Crippen molar-refractivity contribution < 1.29 is 22.7 Å². The second-order valence-electron chi connectivity index (χ2n) is 6.29. The summed E-state index contributed by atoms with van der Waals surface area (Å²) in [5, 5.41) is 0. The summed E-state index contributed by atoms with van der Waals surface area (Å²) in [5.41, 5.74) is 0.947. The van der Waals surface area contributed by atoms with Crippen molar-refractivity contribution in [3.05, 3.63) is 42.0 Å². The average Bonchev–Trinajstić information content (AvgIpc) is 3.21. The lowest BCUT2D eigenvalue weighted by atomic mass is 9.89. The van der Waals surface area contributed by atoms with E-state index < -0.39 is 40.2 Å². The van der Waals surface area contributed by atoms with Gasteiger partial charge in [-0.25, -0.2) is 8.42 Å². The molecule has 138 valence electrons. The molecule has 0 aliphatic carbocycles. The maximum atomic E-state index is 13.2. The zero-order chi connectivity index (χ0) is 18.9. The smallest absolute Gasteiger partial charge is 0.313 e. The molecule has 4 unspecified atom stereocenters. The second-order valence-corrected chi connectivity index (χ2v) is 8.18. The van der Waals surface area contributed by atoms with E-state index in [1.165, 1.54) is 16.4 Å². The SMILES string of the molecule is C#CCN(C1C2C=CC(O2)C1C(=O)OCC)S(=O)(=O)c1ccc(C)cc1. The normalized spacial score (nSPS) is 26.8. The molecule has 1 saturated heterocycles. The van der Waals surface area contributed by atoms with Crippen molar-refractivity contribution in [2.45, 2.75) is 37.0 Å². The molecule has 7 heteroatoms. The Morgan fingerprint density at radius 1 is 1.27 bits per heavy atom. The number of sulfonamides is 1. The van der Waals surface area contributed by atoms with Crippen molar-refractivity contribution >= 4 is 16.0 Å². The van der Waals surface area contributed by atoms with Gasteiger partial charge in [-0.2, -0.15) is 4.31 Å². The molecular formula is C19H21NO5S. The van der Waals surface area contributed by atoms with Crippen molar-refractivity contribution in [2.75, 3.05) is 13.2 Å². The molecule has 2 heterocycles. The summed E-state index contributed by atoms with van der Waals surface area (Å²) in [5.74, 6) is 1.18. The van der Waals surface area contributed by atoms with E-state index in [-0.39, 0.29) is 18.0 Å². The molecule has 0 N–H and O–H groups in total. The van der Waals surface area contributed by atoms with Crippen LogP contribution in [0.25, 0.3) is 0 Å². The highest BCUT2D eigenvalue weighted by Gasteiger charge is 2.55. The van der Waals surface area contributed by atoms with Gasteiger partial charge in [0.2, 0.25) is 10.0 Å². The molecule has 0 aromatic heterocycles. The quantitative estimate of drug-likeness (QED) is 0.428. The number of esters is 1. The third kappa shape index (κ3) is 3.16. The molecule has 1 aromatic carbocycles. The van der Waals surface area contributed by atoms with Crippen molar-refractivity contribution in [2.24, 2.45) is 5.92 Å². The minimum absolute atomic E-state index is 0.132. The van der Waals surface area contributed by atoms with Crippen LogP contribution in [0.3, 0.4) is 0 Å². The summed E-state index contributed by atoms with van der Waals surface area (Å²) < 4.78 is 38.5. The molecule has 0 saturated carbocycles. The van der Waals surface area contributed by atoms with Crippen LogP contribution in [0.5, 0.6) is 0 Å². The summed E-state index contributed by atoms with van der Waals surface area (Å²) >= 11 is 0. The fraction of sp³-hybridized carbons (Fsp3) is 0.421. The highest BCUT2D eigenvalue weighted by Crippen LogP contribution is 2.40. The Hall–Kier alpha value is -2.14. The van der Waals surface area contributed by atoms with E-state index in [1.807, 2.05) is 6.92 Å². The number of terminal acetylenes is 1. The van der Waals surface area contributed by atoms with Crippen LogP contribution in [0.4, 0.5) is 0 Å². The third-order valence-electron chi connectivity index (χ3n) is 4.63. The van der Waals surface area contributed by atoms with Crippen LogP contribution in [-0.2, 0) is 24.3 Å². The van der Waals surface area contributed by atoms with Crippen LogP contribution in [-0.4, -0.2) is 50.1 Å². The van der Waals surface area contributed by atoms with Gasteiger partial charge in [0.15, 0.2) is 0 Å². The van der Waals surface area contributed by atoms with E-state index in [9.17, 15) is 13.2 Å². The number of ether oxygens (including phenoxy) is 2. The molecule has 6 nitrogen and oxygen atoms in total. The number of nitrogens with zero attached hydrogens (tertiary/aromatic N) is 1. The predicted molar refractivity (Wildman–Crippen MR) is 95.6 cm³/mol. The Labute approximate surface area is 153 Å². The topological polar surface area (TPSA) is 72.9 Å². The average molecular weight is 375 g/mol. The third-order valence-corrected chi connectivity index (χ3v) is 6.49. The molecule has 0 amide bonds. The molecule has 1 aromatic rings. The first-order valence-corrected chi connectivity index (χ1v) is 9.86. The Morgan fingerprint density at radius 3 is 2.54 bits per heavy atom. The molecule has 1 fully saturated rings. The van der Waals surface area contributed by atoms with E-state index >= 15 is 0 Å². The van der Waals surface area contributed by atoms with Crippen molar-refractivity contribution in [1.29, 1.82) is 0 Å². The van der Waals surface area contributed by atoms with Gasteiger partial charge in [-0.3, -0.25) is 4.79 Å². The number of carbonyl (C=O) groups excluding carboxylic acids is 1. The summed E-state index contributed by atoms with van der Waals surface area (Å²) in [6.45, 7) is 3.64. The largest absolute Gasteiger partial charge is 0.466 e. The Morgan fingerprint density at radius 2 is 1.92 bits per heavy atom. The van der Waals surface area contributed by atoms with Crippen LogP contribution in [0.15, 0.2) is 41.3 Å². The lowest BCUT2D eigenvalue weighted by Gasteiger charge is -2.32. The minimum atomic E-state index is -3.90. The molecule has 2 aliphatic rings. The summed E-state index contributed by atoms with van der Waals surface area (Å²) in [6.07, 6.45) is 7.97. The Bertz CT molecular complexity index is 853. The van der Waals surface area contributed by atoms with Gasteiger partial charge >= 0.3 is 5.97 Å². The van der Waals surface area contributed by atoms with E-state index in [0.717, 1.165) is 5.56 Å². The lowest BCUT2D eigenvalue weighted by Crippen LogP contribution is -2.51. The first-order chi connectivity index (χ1) is 12.4. The van der Waals surface area contributed by atoms with Crippen LogP contribution in [0.2, 0.25) is 0 Å². The van der Waals surface area contributed by atoms with E-state index in [1.54, 1.807) is 31.2 Å². The van der Waals surface area contributed by atoms with Gasteiger partial charge in [0, 0.05) is 0 Å². The fourth-order valence-electron chi connectivity index (χ4n) is 3.43. The number of hydrogen-bond acceptors (Lipinski definition) is 5. The minimum Gasteiger partial charge on any atom is -0.466 e.